The Labute approximate surface area is 163 Å². The highest BCUT2D eigenvalue weighted by Gasteiger charge is 2.31. The van der Waals surface area contributed by atoms with Gasteiger partial charge >= 0.3 is 0 Å². The van der Waals surface area contributed by atoms with Gasteiger partial charge in [-0.25, -0.2) is 0 Å². The molecule has 0 fully saturated rings. The van der Waals surface area contributed by atoms with Gasteiger partial charge in [0, 0.05) is 7.05 Å². The lowest BCUT2D eigenvalue weighted by atomic mass is 10.1. The zero-order valence-electron chi connectivity index (χ0n) is 15.5. The second-order valence-electron chi connectivity index (χ2n) is 6.56. The lowest BCUT2D eigenvalue weighted by molar-refractivity contribution is -0.127. The largest absolute Gasteiger partial charge is 0.477 e. The molecule has 0 radical (unpaired) electrons. The fourth-order valence-corrected chi connectivity index (χ4v) is 3.55. The predicted octanol–water partition coefficient (Wildman–Crippen LogP) is 2.91. The van der Waals surface area contributed by atoms with Gasteiger partial charge in [-0.1, -0.05) is 29.8 Å². The first-order valence-corrected chi connectivity index (χ1v) is 9.05. The molecule has 6 nitrogen and oxygen atoms in total. The van der Waals surface area contributed by atoms with Gasteiger partial charge in [0.15, 0.2) is 6.10 Å². The summed E-state index contributed by atoms with van der Waals surface area (Å²) >= 11 is 6.28. The van der Waals surface area contributed by atoms with Gasteiger partial charge in [0.05, 0.1) is 29.5 Å². The molecule has 3 rings (SSSR count). The van der Waals surface area contributed by atoms with Gasteiger partial charge in [-0.3, -0.25) is 9.59 Å². The number of halogens is 1. The molecule has 1 aliphatic heterocycles. The molecule has 0 unspecified atom stereocenters. The van der Waals surface area contributed by atoms with Crippen molar-refractivity contribution in [1.29, 1.82) is 0 Å². The molecule has 0 aliphatic carbocycles. The highest BCUT2D eigenvalue weighted by atomic mass is 35.5. The van der Waals surface area contributed by atoms with E-state index in [2.05, 4.69) is 10.6 Å². The zero-order valence-corrected chi connectivity index (χ0v) is 16.3. The molecule has 2 amide bonds. The number of likely N-dealkylation sites (N-methyl/N-ethyl adjacent to an activating group) is 1. The molecule has 7 heteroatoms. The predicted molar refractivity (Wildman–Crippen MR) is 107 cm³/mol. The van der Waals surface area contributed by atoms with Gasteiger partial charge in [-0.2, -0.15) is 0 Å². The third kappa shape index (κ3) is 4.17. The molecule has 0 spiro atoms. The van der Waals surface area contributed by atoms with Crippen LogP contribution in [0, 0.1) is 13.8 Å². The summed E-state index contributed by atoms with van der Waals surface area (Å²) in [5.74, 6) is 0.137. The molecule has 1 atom stereocenters. The van der Waals surface area contributed by atoms with Crippen LogP contribution in [0.5, 0.6) is 5.75 Å². The number of benzene rings is 2. The number of aryl methyl sites for hydroxylation is 2. The van der Waals surface area contributed by atoms with E-state index in [9.17, 15) is 9.59 Å². The van der Waals surface area contributed by atoms with Crippen molar-refractivity contribution in [2.45, 2.75) is 20.0 Å². The van der Waals surface area contributed by atoms with E-state index in [-0.39, 0.29) is 24.9 Å². The van der Waals surface area contributed by atoms with Gasteiger partial charge < -0.3 is 20.3 Å². The van der Waals surface area contributed by atoms with Crippen molar-refractivity contribution in [2.24, 2.45) is 0 Å². The minimum atomic E-state index is -0.678. The molecule has 2 aromatic carbocycles. The van der Waals surface area contributed by atoms with Crippen molar-refractivity contribution >= 4 is 34.8 Å². The zero-order chi connectivity index (χ0) is 19.6. The van der Waals surface area contributed by atoms with Crippen LogP contribution < -0.4 is 20.3 Å². The van der Waals surface area contributed by atoms with Gasteiger partial charge in [0.2, 0.25) is 5.91 Å². The quantitative estimate of drug-likeness (QED) is 0.846. The molecular weight excluding hydrogens is 366 g/mol. The van der Waals surface area contributed by atoms with Gasteiger partial charge in [-0.15, -0.1) is 0 Å². The van der Waals surface area contributed by atoms with Gasteiger partial charge in [-0.05, 0) is 43.2 Å². The Morgan fingerprint density at radius 2 is 2.00 bits per heavy atom. The number of amides is 2. The van der Waals surface area contributed by atoms with E-state index < -0.39 is 6.10 Å². The topological polar surface area (TPSA) is 70.7 Å². The maximum atomic E-state index is 12.7. The van der Waals surface area contributed by atoms with Crippen LogP contribution in [0.15, 0.2) is 36.4 Å². The number of nitrogens with zero attached hydrogens (tertiary/aromatic N) is 1. The molecule has 1 heterocycles. The third-order valence-electron chi connectivity index (χ3n) is 4.43. The highest BCUT2D eigenvalue weighted by molar-refractivity contribution is 6.34. The van der Waals surface area contributed by atoms with E-state index in [1.54, 1.807) is 13.1 Å². The van der Waals surface area contributed by atoms with E-state index in [0.29, 0.717) is 16.5 Å². The Bertz CT molecular complexity index is 862. The Kier molecular flexibility index (Phi) is 5.56. The molecule has 27 heavy (non-hydrogen) atoms. The van der Waals surface area contributed by atoms with Gasteiger partial charge in [0.1, 0.15) is 5.75 Å². The maximum absolute atomic E-state index is 12.7. The summed E-state index contributed by atoms with van der Waals surface area (Å²) in [6, 6.07) is 11.1. The average molecular weight is 388 g/mol. The summed E-state index contributed by atoms with van der Waals surface area (Å²) in [4.78, 5) is 26.6. The normalized spacial score (nSPS) is 15.6. The molecule has 2 aromatic rings. The van der Waals surface area contributed by atoms with Crippen LogP contribution in [0.3, 0.4) is 0 Å². The number of ether oxygens (including phenoxy) is 1. The van der Waals surface area contributed by atoms with Crippen LogP contribution in [0.1, 0.15) is 11.1 Å². The first-order chi connectivity index (χ1) is 12.9. The van der Waals surface area contributed by atoms with E-state index in [4.69, 9.17) is 16.3 Å². The van der Waals surface area contributed by atoms with Crippen molar-refractivity contribution in [1.82, 2.24) is 5.32 Å². The number of hydrogen-bond donors (Lipinski definition) is 2. The van der Waals surface area contributed by atoms with E-state index in [0.717, 1.165) is 16.8 Å². The molecule has 1 aliphatic rings. The molecule has 0 saturated heterocycles. The van der Waals surface area contributed by atoms with Crippen molar-refractivity contribution in [3.05, 3.63) is 52.5 Å². The Balaban J connectivity index is 1.79. The number of hydrogen-bond acceptors (Lipinski definition) is 4. The Morgan fingerprint density at radius 3 is 2.70 bits per heavy atom. The highest BCUT2D eigenvalue weighted by Crippen LogP contribution is 2.33. The van der Waals surface area contributed by atoms with Crippen LogP contribution in [-0.2, 0) is 9.59 Å². The number of fused-ring (bicyclic) bond motifs is 1. The maximum Gasteiger partial charge on any atom is 0.262 e. The van der Waals surface area contributed by atoms with Crippen LogP contribution in [0.2, 0.25) is 5.02 Å². The molecule has 0 aromatic heterocycles. The molecular formula is C20H22ClN3O3. The molecule has 142 valence electrons. The van der Waals surface area contributed by atoms with E-state index in [1.165, 1.54) is 0 Å². The summed E-state index contributed by atoms with van der Waals surface area (Å²) in [7, 11) is 1.56. The summed E-state index contributed by atoms with van der Waals surface area (Å²) in [5.41, 5.74) is 3.32. The summed E-state index contributed by atoms with van der Waals surface area (Å²) in [6.07, 6.45) is -0.678. The van der Waals surface area contributed by atoms with Crippen molar-refractivity contribution in [3.8, 4) is 5.75 Å². The first-order valence-electron chi connectivity index (χ1n) is 8.68. The number of nitrogens with one attached hydrogen (secondary N) is 2. The minimum Gasteiger partial charge on any atom is -0.477 e. The third-order valence-corrected chi connectivity index (χ3v) is 4.73. The number of rotatable bonds is 4. The van der Waals surface area contributed by atoms with Crippen molar-refractivity contribution in [3.63, 3.8) is 0 Å². The minimum absolute atomic E-state index is 0.0809. The van der Waals surface area contributed by atoms with E-state index in [1.807, 2.05) is 49.1 Å². The number of carbonyl (C=O) groups is 2. The molecule has 0 bridgehead atoms. The van der Waals surface area contributed by atoms with Crippen LogP contribution in [-0.4, -0.2) is 38.1 Å². The van der Waals surface area contributed by atoms with Gasteiger partial charge in [0.25, 0.3) is 5.91 Å². The second-order valence-corrected chi connectivity index (χ2v) is 6.96. The summed E-state index contributed by atoms with van der Waals surface area (Å²) in [5, 5.41) is 5.98. The standard InChI is InChI=1S/C20H22ClN3O3/c1-12-8-13(2)19(14(21)9-12)23-18(25)11-24-10-17(20(26)22-3)27-16-7-5-4-6-15(16)24/h4-9,17H,10-11H2,1-3H3,(H,22,26)(H,23,25)/t17-/m1/s1. The van der Waals surface area contributed by atoms with Crippen molar-refractivity contribution in [2.75, 3.05) is 30.4 Å². The fourth-order valence-electron chi connectivity index (χ4n) is 3.18. The van der Waals surface area contributed by atoms with Crippen LogP contribution in [0.4, 0.5) is 11.4 Å². The first kappa shape index (κ1) is 19.0. The average Bonchev–Trinajstić information content (AvgIpc) is 2.63. The van der Waals surface area contributed by atoms with Crippen LogP contribution in [0.25, 0.3) is 0 Å². The van der Waals surface area contributed by atoms with E-state index >= 15 is 0 Å². The Hall–Kier alpha value is -2.73. The SMILES string of the molecule is CNC(=O)[C@H]1CN(CC(=O)Nc2c(C)cc(C)cc2Cl)c2ccccc2O1. The monoisotopic (exact) mass is 387 g/mol. The fraction of sp³-hybridized carbons (Fsp3) is 0.300. The lowest BCUT2D eigenvalue weighted by Crippen LogP contribution is -2.50. The number of anilines is 2. The smallest absolute Gasteiger partial charge is 0.262 e. The molecule has 2 N–H and O–H groups in total. The lowest BCUT2D eigenvalue weighted by Gasteiger charge is -2.35. The Morgan fingerprint density at radius 1 is 1.26 bits per heavy atom. The number of carbonyl (C=O) groups excluding carboxylic acids is 2. The molecule has 0 saturated carbocycles. The number of para-hydroxylation sites is 2. The second kappa shape index (κ2) is 7.88. The van der Waals surface area contributed by atoms with Crippen molar-refractivity contribution < 1.29 is 14.3 Å². The summed E-state index contributed by atoms with van der Waals surface area (Å²) < 4.78 is 5.76. The van der Waals surface area contributed by atoms with Crippen LogP contribution >= 0.6 is 11.6 Å². The summed E-state index contributed by atoms with van der Waals surface area (Å²) in [6.45, 7) is 4.22.